The Kier molecular flexibility index (Phi) is 6.07. The smallest absolute Gasteiger partial charge is 0.318 e. The fourth-order valence-electron chi connectivity index (χ4n) is 3.26. The monoisotopic (exact) mass is 402 g/mol. The number of carbonyl (C=O) groups is 1. The van der Waals surface area contributed by atoms with Gasteiger partial charge in [0.2, 0.25) is 0 Å². The highest BCUT2D eigenvalue weighted by Crippen LogP contribution is 2.23. The first-order valence-electron chi connectivity index (χ1n) is 9.48. The lowest BCUT2D eigenvalue weighted by Crippen LogP contribution is -2.41. The number of rotatable bonds is 7. The fourth-order valence-corrected chi connectivity index (χ4v) is 3.98. The topological polar surface area (TPSA) is 45.5 Å². The van der Waals surface area contributed by atoms with E-state index in [4.69, 9.17) is 4.42 Å². The molecule has 4 aromatic rings. The van der Waals surface area contributed by atoms with Crippen molar-refractivity contribution in [2.45, 2.75) is 19.1 Å². The number of furan rings is 1. The minimum absolute atomic E-state index is 0.114. The summed E-state index contributed by atoms with van der Waals surface area (Å²) in [5.74, 6) is 0. The summed E-state index contributed by atoms with van der Waals surface area (Å²) in [5.41, 5.74) is 3.06. The van der Waals surface area contributed by atoms with Crippen LogP contribution in [0.3, 0.4) is 0 Å². The van der Waals surface area contributed by atoms with Crippen molar-refractivity contribution in [3.63, 3.8) is 0 Å². The molecule has 29 heavy (non-hydrogen) atoms. The van der Waals surface area contributed by atoms with Gasteiger partial charge in [-0.15, -0.1) is 11.3 Å². The molecule has 0 unspecified atom stereocenters. The Labute approximate surface area is 174 Å². The molecule has 0 aliphatic heterocycles. The zero-order valence-electron chi connectivity index (χ0n) is 15.9. The third kappa shape index (κ3) is 4.95. The van der Waals surface area contributed by atoms with E-state index in [0.29, 0.717) is 13.1 Å². The lowest BCUT2D eigenvalue weighted by molar-refractivity contribution is 0.190. The molecule has 2 amide bonds. The minimum Gasteiger partial charge on any atom is -0.472 e. The van der Waals surface area contributed by atoms with Gasteiger partial charge in [0.1, 0.15) is 0 Å². The number of urea groups is 1. The third-order valence-electron chi connectivity index (χ3n) is 4.70. The zero-order valence-corrected chi connectivity index (χ0v) is 16.7. The normalized spacial score (nSPS) is 10.8. The van der Waals surface area contributed by atoms with Crippen LogP contribution in [-0.4, -0.2) is 10.9 Å². The standard InChI is InChI=1S/C24H22N2O2S/c27-24(26(16-19-13-14-28-18-19)17-22-12-7-15-29-22)25-23(20-8-3-1-4-9-20)21-10-5-2-6-11-21/h1-15,18,23H,16-17H2,(H,25,27). The quantitative estimate of drug-likeness (QED) is 0.422. The highest BCUT2D eigenvalue weighted by atomic mass is 32.1. The highest BCUT2D eigenvalue weighted by Gasteiger charge is 2.21. The van der Waals surface area contributed by atoms with Crippen LogP contribution in [-0.2, 0) is 13.1 Å². The molecule has 0 fully saturated rings. The third-order valence-corrected chi connectivity index (χ3v) is 5.56. The van der Waals surface area contributed by atoms with Crippen LogP contribution in [0.25, 0.3) is 0 Å². The average Bonchev–Trinajstić information content (AvgIpc) is 3.47. The summed E-state index contributed by atoms with van der Waals surface area (Å²) in [6.45, 7) is 1.03. The summed E-state index contributed by atoms with van der Waals surface area (Å²) in [5, 5.41) is 5.26. The van der Waals surface area contributed by atoms with Gasteiger partial charge in [-0.3, -0.25) is 0 Å². The predicted octanol–water partition coefficient (Wildman–Crippen LogP) is 5.84. The van der Waals surface area contributed by atoms with E-state index in [1.54, 1.807) is 23.9 Å². The van der Waals surface area contributed by atoms with Crippen molar-refractivity contribution in [2.75, 3.05) is 0 Å². The molecule has 4 nitrogen and oxygen atoms in total. The molecule has 2 heterocycles. The second-order valence-corrected chi connectivity index (χ2v) is 7.80. The molecule has 146 valence electrons. The van der Waals surface area contributed by atoms with Gasteiger partial charge < -0.3 is 14.6 Å². The van der Waals surface area contributed by atoms with E-state index >= 15 is 0 Å². The first-order chi connectivity index (χ1) is 14.3. The van der Waals surface area contributed by atoms with Crippen molar-refractivity contribution in [3.8, 4) is 0 Å². The number of carbonyl (C=O) groups excluding carboxylic acids is 1. The molecule has 0 bridgehead atoms. The first-order valence-corrected chi connectivity index (χ1v) is 10.4. The first kappa shape index (κ1) is 19.0. The molecule has 0 atom stereocenters. The number of nitrogens with one attached hydrogen (secondary N) is 1. The highest BCUT2D eigenvalue weighted by molar-refractivity contribution is 7.09. The number of benzene rings is 2. The molecular weight excluding hydrogens is 380 g/mol. The second-order valence-electron chi connectivity index (χ2n) is 6.77. The van der Waals surface area contributed by atoms with Crippen molar-refractivity contribution in [1.29, 1.82) is 0 Å². The van der Waals surface area contributed by atoms with Gasteiger partial charge >= 0.3 is 6.03 Å². The molecule has 2 aromatic heterocycles. The van der Waals surface area contributed by atoms with Crippen molar-refractivity contribution in [2.24, 2.45) is 0 Å². The molecule has 4 rings (SSSR count). The molecule has 0 spiro atoms. The van der Waals surface area contributed by atoms with E-state index < -0.39 is 0 Å². The number of thiophene rings is 1. The van der Waals surface area contributed by atoms with Gasteiger partial charge in [0, 0.05) is 10.4 Å². The molecule has 5 heteroatoms. The lowest BCUT2D eigenvalue weighted by Gasteiger charge is -2.26. The van der Waals surface area contributed by atoms with Gasteiger partial charge in [-0.1, -0.05) is 66.7 Å². The second kappa shape index (κ2) is 9.26. The summed E-state index contributed by atoms with van der Waals surface area (Å²) >= 11 is 1.65. The van der Waals surface area contributed by atoms with Gasteiger partial charge in [0.05, 0.1) is 31.7 Å². The SMILES string of the molecule is O=C(NC(c1ccccc1)c1ccccc1)N(Cc1ccoc1)Cc1cccs1. The zero-order chi connectivity index (χ0) is 19.9. The van der Waals surface area contributed by atoms with E-state index in [-0.39, 0.29) is 12.1 Å². The Balaban J connectivity index is 1.59. The van der Waals surface area contributed by atoms with Gasteiger partial charge in [0.25, 0.3) is 0 Å². The molecule has 1 N–H and O–H groups in total. The number of hydrogen-bond acceptors (Lipinski definition) is 3. The van der Waals surface area contributed by atoms with Crippen molar-refractivity contribution < 1.29 is 9.21 Å². The molecular formula is C24H22N2O2S. The molecule has 0 aliphatic rings. The van der Waals surface area contributed by atoms with Crippen LogP contribution in [0.2, 0.25) is 0 Å². The van der Waals surface area contributed by atoms with E-state index in [1.165, 1.54) is 0 Å². The van der Waals surface area contributed by atoms with Crippen molar-refractivity contribution in [1.82, 2.24) is 10.2 Å². The predicted molar refractivity (Wildman–Crippen MR) is 116 cm³/mol. The molecule has 0 aliphatic carbocycles. The van der Waals surface area contributed by atoms with Crippen LogP contribution in [0, 0.1) is 0 Å². The maximum Gasteiger partial charge on any atom is 0.318 e. The van der Waals surface area contributed by atoms with Gasteiger partial charge in [0.15, 0.2) is 0 Å². The van der Waals surface area contributed by atoms with Gasteiger partial charge in [-0.05, 0) is 28.6 Å². The average molecular weight is 403 g/mol. The Morgan fingerprint density at radius 3 is 2.14 bits per heavy atom. The Hall–Kier alpha value is -3.31. The molecule has 2 aromatic carbocycles. The fraction of sp³-hybridized carbons (Fsp3) is 0.125. The van der Waals surface area contributed by atoms with Crippen LogP contribution >= 0.6 is 11.3 Å². The molecule has 0 saturated heterocycles. The van der Waals surface area contributed by atoms with Gasteiger partial charge in [-0.25, -0.2) is 4.79 Å². The summed E-state index contributed by atoms with van der Waals surface area (Å²) in [6.07, 6.45) is 3.31. The number of hydrogen-bond donors (Lipinski definition) is 1. The Morgan fingerprint density at radius 2 is 1.59 bits per heavy atom. The van der Waals surface area contributed by atoms with E-state index in [1.807, 2.05) is 89.1 Å². The molecule has 0 saturated carbocycles. The van der Waals surface area contributed by atoms with E-state index in [0.717, 1.165) is 21.6 Å². The minimum atomic E-state index is -0.222. The van der Waals surface area contributed by atoms with Crippen LogP contribution < -0.4 is 5.32 Å². The van der Waals surface area contributed by atoms with Crippen molar-refractivity contribution in [3.05, 3.63) is 118 Å². The number of nitrogens with zero attached hydrogens (tertiary/aromatic N) is 1. The Bertz CT molecular complexity index is 924. The maximum atomic E-state index is 13.3. The largest absolute Gasteiger partial charge is 0.472 e. The maximum absolute atomic E-state index is 13.3. The van der Waals surface area contributed by atoms with E-state index in [9.17, 15) is 4.79 Å². The van der Waals surface area contributed by atoms with E-state index in [2.05, 4.69) is 5.32 Å². The van der Waals surface area contributed by atoms with Crippen LogP contribution in [0.1, 0.15) is 27.6 Å². The lowest BCUT2D eigenvalue weighted by atomic mass is 9.99. The van der Waals surface area contributed by atoms with Gasteiger partial charge in [-0.2, -0.15) is 0 Å². The summed E-state index contributed by atoms with van der Waals surface area (Å²) < 4.78 is 5.19. The van der Waals surface area contributed by atoms with Crippen LogP contribution in [0.5, 0.6) is 0 Å². The summed E-state index contributed by atoms with van der Waals surface area (Å²) in [4.78, 5) is 16.3. The Morgan fingerprint density at radius 1 is 0.897 bits per heavy atom. The van der Waals surface area contributed by atoms with Crippen LogP contribution in [0.15, 0.2) is 101 Å². The van der Waals surface area contributed by atoms with Crippen LogP contribution in [0.4, 0.5) is 4.79 Å². The summed E-state index contributed by atoms with van der Waals surface area (Å²) in [7, 11) is 0. The molecule has 0 radical (unpaired) electrons. The summed E-state index contributed by atoms with van der Waals surface area (Å²) in [6, 6.07) is 25.7. The van der Waals surface area contributed by atoms with Crippen molar-refractivity contribution >= 4 is 17.4 Å². The number of amides is 2.